The fourth-order valence-corrected chi connectivity index (χ4v) is 2.07. The molecule has 2 rings (SSSR count). The van der Waals surface area contributed by atoms with E-state index in [1.54, 1.807) is 0 Å². The van der Waals surface area contributed by atoms with Crippen LogP contribution in [0.4, 0.5) is 18.0 Å². The first-order valence-electron chi connectivity index (χ1n) is 8.22. The maximum absolute atomic E-state index is 12.9. The number of benzene rings is 1. The Balaban J connectivity index is 2.06. The van der Waals surface area contributed by atoms with E-state index in [9.17, 15) is 22.8 Å². The largest absolute Gasteiger partial charge is 0.516 e. The first kappa shape index (κ1) is 21.1. The van der Waals surface area contributed by atoms with Crippen molar-refractivity contribution in [1.29, 1.82) is 0 Å². The Bertz CT molecular complexity index is 888. The van der Waals surface area contributed by atoms with Gasteiger partial charge in [-0.25, -0.2) is 19.3 Å². The minimum absolute atomic E-state index is 0.0450. The Morgan fingerprint density at radius 3 is 2.61 bits per heavy atom. The number of esters is 1. The third kappa shape index (κ3) is 6.22. The highest BCUT2D eigenvalue weighted by molar-refractivity contribution is 5.91. The third-order valence-corrected chi connectivity index (χ3v) is 3.25. The van der Waals surface area contributed by atoms with E-state index in [-0.39, 0.29) is 23.9 Å². The number of alkyl halides is 3. The highest BCUT2D eigenvalue weighted by Crippen LogP contribution is 2.32. The summed E-state index contributed by atoms with van der Waals surface area (Å²) in [5, 5.41) is 3.98. The van der Waals surface area contributed by atoms with Crippen LogP contribution in [-0.2, 0) is 20.4 Å². The lowest BCUT2D eigenvalue weighted by atomic mass is 10.1. The van der Waals surface area contributed by atoms with Crippen LogP contribution < -0.4 is 0 Å². The first-order chi connectivity index (χ1) is 13.0. The summed E-state index contributed by atoms with van der Waals surface area (Å²) in [6.45, 7) is 5.29. The molecule has 28 heavy (non-hydrogen) atoms. The number of carbonyl (C=O) groups is 2. The molecule has 0 saturated heterocycles. The van der Waals surface area contributed by atoms with Crippen LogP contribution in [0.3, 0.4) is 0 Å². The van der Waals surface area contributed by atoms with E-state index < -0.39 is 23.9 Å². The molecular weight excluding hydrogens is 379 g/mol. The van der Waals surface area contributed by atoms with Crippen LogP contribution >= 0.6 is 0 Å². The minimum Gasteiger partial charge on any atom is -0.434 e. The molecule has 1 heterocycles. The zero-order valence-electron chi connectivity index (χ0n) is 15.4. The molecule has 0 radical (unpaired) electrons. The lowest BCUT2D eigenvalue weighted by molar-refractivity contribution is -0.137. The fraction of sp³-hybridized carbons (Fsp3) is 0.333. The van der Waals surface area contributed by atoms with Crippen molar-refractivity contribution in [3.8, 4) is 11.4 Å². The number of ether oxygens (including phenoxy) is 2. The van der Waals surface area contributed by atoms with Gasteiger partial charge in [0, 0.05) is 17.8 Å². The SMILES string of the molecule is Cc1cc(-c2ncn(/C=C\C(=O)OC(=O)OCC(C)C)n2)cc(C(F)(F)F)c1. The van der Waals surface area contributed by atoms with Crippen molar-refractivity contribution in [2.75, 3.05) is 6.61 Å². The van der Waals surface area contributed by atoms with Gasteiger partial charge in [0.15, 0.2) is 5.82 Å². The summed E-state index contributed by atoms with van der Waals surface area (Å²) in [5.41, 5.74) is -0.225. The molecule has 0 spiro atoms. The predicted molar refractivity (Wildman–Crippen MR) is 92.8 cm³/mol. The van der Waals surface area contributed by atoms with Gasteiger partial charge in [-0.15, -0.1) is 5.10 Å². The minimum atomic E-state index is -4.49. The van der Waals surface area contributed by atoms with Crippen molar-refractivity contribution in [3.63, 3.8) is 0 Å². The van der Waals surface area contributed by atoms with E-state index in [1.165, 1.54) is 19.3 Å². The Kier molecular flexibility index (Phi) is 6.55. The summed E-state index contributed by atoms with van der Waals surface area (Å²) in [4.78, 5) is 26.8. The second-order valence-corrected chi connectivity index (χ2v) is 6.33. The normalized spacial score (nSPS) is 11.8. The topological polar surface area (TPSA) is 83.3 Å². The molecule has 0 aliphatic carbocycles. The first-order valence-corrected chi connectivity index (χ1v) is 8.22. The molecule has 0 atom stereocenters. The highest BCUT2D eigenvalue weighted by Gasteiger charge is 2.31. The molecule has 10 heteroatoms. The van der Waals surface area contributed by atoms with Crippen LogP contribution in [0.15, 0.2) is 30.6 Å². The van der Waals surface area contributed by atoms with Crippen LogP contribution in [0.25, 0.3) is 17.6 Å². The van der Waals surface area contributed by atoms with Gasteiger partial charge in [-0.2, -0.15) is 13.2 Å². The van der Waals surface area contributed by atoms with E-state index >= 15 is 0 Å². The van der Waals surface area contributed by atoms with Crippen LogP contribution in [0.2, 0.25) is 0 Å². The number of nitrogens with zero attached hydrogens (tertiary/aromatic N) is 3. The molecule has 0 bridgehead atoms. The molecule has 2 aromatic rings. The molecule has 1 aromatic carbocycles. The van der Waals surface area contributed by atoms with E-state index in [4.69, 9.17) is 4.74 Å². The third-order valence-electron chi connectivity index (χ3n) is 3.25. The summed E-state index contributed by atoms with van der Waals surface area (Å²) in [6, 6.07) is 3.47. The van der Waals surface area contributed by atoms with Crippen molar-refractivity contribution >= 4 is 18.3 Å². The Morgan fingerprint density at radius 1 is 1.25 bits per heavy atom. The summed E-state index contributed by atoms with van der Waals surface area (Å²) in [6.07, 6.45) is -2.35. The summed E-state index contributed by atoms with van der Waals surface area (Å²) in [5.74, 6) is -0.851. The van der Waals surface area contributed by atoms with Crippen LogP contribution in [0.5, 0.6) is 0 Å². The van der Waals surface area contributed by atoms with Gasteiger partial charge >= 0.3 is 18.3 Å². The second kappa shape index (κ2) is 8.68. The maximum Gasteiger partial charge on any atom is 0.516 e. The van der Waals surface area contributed by atoms with Gasteiger partial charge in [-0.1, -0.05) is 13.8 Å². The lowest BCUT2D eigenvalue weighted by Crippen LogP contribution is -2.14. The number of hydrogen-bond donors (Lipinski definition) is 0. The summed E-state index contributed by atoms with van der Waals surface area (Å²) < 4.78 is 49.0. The number of hydrogen-bond acceptors (Lipinski definition) is 6. The molecule has 0 unspecified atom stereocenters. The maximum atomic E-state index is 12.9. The summed E-state index contributed by atoms with van der Waals surface area (Å²) in [7, 11) is 0. The number of aryl methyl sites for hydroxylation is 1. The van der Waals surface area contributed by atoms with Crippen molar-refractivity contribution in [2.45, 2.75) is 26.9 Å². The zero-order valence-corrected chi connectivity index (χ0v) is 15.4. The van der Waals surface area contributed by atoms with Gasteiger partial charge < -0.3 is 9.47 Å². The molecule has 0 N–H and O–H groups in total. The number of aromatic nitrogens is 3. The molecule has 7 nitrogen and oxygen atoms in total. The molecule has 0 aliphatic rings. The smallest absolute Gasteiger partial charge is 0.434 e. The molecule has 0 amide bonds. The lowest BCUT2D eigenvalue weighted by Gasteiger charge is -2.09. The van der Waals surface area contributed by atoms with Crippen LogP contribution in [0, 0.1) is 12.8 Å². The second-order valence-electron chi connectivity index (χ2n) is 6.33. The van der Waals surface area contributed by atoms with Crippen molar-refractivity contribution in [1.82, 2.24) is 14.8 Å². The van der Waals surface area contributed by atoms with Gasteiger partial charge in [0.25, 0.3) is 0 Å². The number of rotatable bonds is 5. The molecule has 0 fully saturated rings. The monoisotopic (exact) mass is 397 g/mol. The van der Waals surface area contributed by atoms with E-state index in [2.05, 4.69) is 14.8 Å². The van der Waals surface area contributed by atoms with Gasteiger partial charge in [0.2, 0.25) is 0 Å². The quantitative estimate of drug-likeness (QED) is 0.430. The number of halogens is 3. The van der Waals surface area contributed by atoms with Gasteiger partial charge in [0.1, 0.15) is 6.33 Å². The van der Waals surface area contributed by atoms with Gasteiger partial charge in [-0.05, 0) is 36.6 Å². The fourth-order valence-electron chi connectivity index (χ4n) is 2.07. The molecule has 0 saturated carbocycles. The Hall–Kier alpha value is -3.17. The average molecular weight is 397 g/mol. The molecule has 1 aromatic heterocycles. The Labute approximate surface area is 158 Å². The average Bonchev–Trinajstić information content (AvgIpc) is 3.06. The highest BCUT2D eigenvalue weighted by atomic mass is 19.4. The van der Waals surface area contributed by atoms with E-state index in [0.717, 1.165) is 29.1 Å². The molecule has 150 valence electrons. The summed E-state index contributed by atoms with van der Waals surface area (Å²) >= 11 is 0. The Morgan fingerprint density at radius 2 is 1.96 bits per heavy atom. The van der Waals surface area contributed by atoms with Crippen molar-refractivity contribution in [3.05, 3.63) is 41.7 Å². The van der Waals surface area contributed by atoms with Crippen LogP contribution in [0.1, 0.15) is 25.0 Å². The van der Waals surface area contributed by atoms with Crippen LogP contribution in [-0.4, -0.2) is 33.5 Å². The molecule has 0 aliphatic heterocycles. The van der Waals surface area contributed by atoms with Gasteiger partial charge in [-0.3, -0.25) is 0 Å². The number of carbonyl (C=O) groups excluding carboxylic acids is 2. The van der Waals surface area contributed by atoms with E-state index in [1.807, 2.05) is 13.8 Å². The molecular formula is C18H18F3N3O4. The van der Waals surface area contributed by atoms with Gasteiger partial charge in [0.05, 0.1) is 12.2 Å². The zero-order chi connectivity index (χ0) is 20.9. The standard InChI is InChI=1S/C18H18F3N3O4/c1-11(2)9-27-17(26)28-15(25)4-5-24-10-22-16(23-24)13-6-12(3)7-14(8-13)18(19,20)21/h4-8,10-11H,9H2,1-3H3/b5-4-. The van der Waals surface area contributed by atoms with E-state index in [0.29, 0.717) is 5.56 Å². The van der Waals surface area contributed by atoms with Crippen molar-refractivity contribution < 1.29 is 32.2 Å². The van der Waals surface area contributed by atoms with Crippen molar-refractivity contribution in [2.24, 2.45) is 5.92 Å². The predicted octanol–water partition coefficient (Wildman–Crippen LogP) is 4.08.